The molecule has 0 bridgehead atoms. The second-order valence-corrected chi connectivity index (χ2v) is 8.63. The van der Waals surface area contributed by atoms with Crippen LogP contribution in [0, 0.1) is 0 Å². The molecule has 1 heterocycles. The van der Waals surface area contributed by atoms with Gasteiger partial charge in [-0.1, -0.05) is 40.2 Å². The molecule has 0 radical (unpaired) electrons. The van der Waals surface area contributed by atoms with E-state index in [-0.39, 0.29) is 10.9 Å². The van der Waals surface area contributed by atoms with Gasteiger partial charge in [0.1, 0.15) is 29.4 Å². The fourth-order valence-electron chi connectivity index (χ4n) is 3.77. The normalized spacial score (nSPS) is 10.8. The molecule has 0 aliphatic carbocycles. The van der Waals surface area contributed by atoms with E-state index in [0.29, 0.717) is 35.1 Å². The number of aryl methyl sites for hydroxylation is 1. The molecule has 1 N–H and O–H groups in total. The highest BCUT2D eigenvalue weighted by atomic mass is 79.9. The molecule has 0 spiro atoms. The van der Waals surface area contributed by atoms with Crippen LogP contribution >= 0.6 is 15.9 Å². The van der Waals surface area contributed by atoms with E-state index in [1.807, 2.05) is 12.1 Å². The molecule has 1 aromatic heterocycles. The predicted octanol–water partition coefficient (Wildman–Crippen LogP) is 5.22. The molecule has 180 valence electrons. The number of pyridine rings is 1. The van der Waals surface area contributed by atoms with E-state index in [2.05, 4.69) is 28.1 Å². The highest BCUT2D eigenvalue weighted by Gasteiger charge is 2.17. The Hall–Kier alpha value is -3.78. The summed E-state index contributed by atoms with van der Waals surface area (Å²) in [6, 6.07) is 18.4. The number of benzene rings is 3. The summed E-state index contributed by atoms with van der Waals surface area (Å²) in [4.78, 5) is 24.7. The van der Waals surface area contributed by atoms with Crippen LogP contribution in [-0.4, -0.2) is 35.2 Å². The smallest absolute Gasteiger partial charge is 0.341 e. The summed E-state index contributed by atoms with van der Waals surface area (Å²) in [7, 11) is 3.06. The van der Waals surface area contributed by atoms with Crippen LogP contribution in [0.2, 0.25) is 0 Å². The number of hydrogen-bond donors (Lipinski definition) is 1. The van der Waals surface area contributed by atoms with Gasteiger partial charge in [0.25, 0.3) is 0 Å². The molecule has 0 amide bonds. The summed E-state index contributed by atoms with van der Waals surface area (Å²) in [5.41, 5.74) is 2.43. The van der Waals surface area contributed by atoms with E-state index in [0.717, 1.165) is 17.3 Å². The van der Waals surface area contributed by atoms with Gasteiger partial charge in [0.2, 0.25) is 5.43 Å². The number of alkyl halides is 1. The Bertz CT molecular complexity index is 1410. The Morgan fingerprint density at radius 2 is 1.57 bits per heavy atom. The molecule has 7 nitrogen and oxygen atoms in total. The first-order valence-corrected chi connectivity index (χ1v) is 12.0. The number of hydrogen-bond acceptors (Lipinski definition) is 5. The zero-order valence-corrected chi connectivity index (χ0v) is 20.9. The van der Waals surface area contributed by atoms with Crippen molar-refractivity contribution in [3.05, 3.63) is 93.8 Å². The maximum atomic E-state index is 12.9. The van der Waals surface area contributed by atoms with Gasteiger partial charge in [-0.25, -0.2) is 4.79 Å². The molecule has 4 rings (SSSR count). The summed E-state index contributed by atoms with van der Waals surface area (Å²) in [5.74, 6) is 0.301. The highest BCUT2D eigenvalue weighted by molar-refractivity contribution is 9.09. The van der Waals surface area contributed by atoms with Gasteiger partial charge in [-0.15, -0.1) is 0 Å². The van der Waals surface area contributed by atoms with Crippen LogP contribution in [0.5, 0.6) is 17.2 Å². The predicted molar refractivity (Wildman–Crippen MR) is 138 cm³/mol. The molecule has 35 heavy (non-hydrogen) atoms. The largest absolute Gasteiger partial charge is 0.497 e. The maximum Gasteiger partial charge on any atom is 0.341 e. The fraction of sp³-hybridized carbons (Fsp3) is 0.185. The second kappa shape index (κ2) is 10.7. The first kappa shape index (κ1) is 24.3. The third-order valence-electron chi connectivity index (χ3n) is 5.63. The third kappa shape index (κ3) is 5.33. The standard InChI is InChI=1S/C27H24BrNO6/c1-33-21-11-19(12-22(13-21)34-2)29-15-24(27(31)32)26(30)23-8-7-20(14-25(23)29)35-16-18-5-3-17(4-6-18)9-10-28/h3-8,11-15H,9-10,16H2,1-2H3,(H,31,32). The lowest BCUT2D eigenvalue weighted by Gasteiger charge is -2.16. The SMILES string of the molecule is COc1cc(OC)cc(-n2cc(C(=O)O)c(=O)c3ccc(OCc4ccc(CCBr)cc4)cc32)c1. The number of methoxy groups -OCH3 is 2. The molecule has 0 saturated carbocycles. The first-order valence-electron chi connectivity index (χ1n) is 10.9. The number of nitrogens with zero attached hydrogens (tertiary/aromatic N) is 1. The summed E-state index contributed by atoms with van der Waals surface area (Å²) < 4.78 is 18.4. The highest BCUT2D eigenvalue weighted by Crippen LogP contribution is 2.29. The van der Waals surface area contributed by atoms with Crippen molar-refractivity contribution >= 4 is 32.8 Å². The zero-order chi connectivity index (χ0) is 24.9. The average molecular weight is 538 g/mol. The summed E-state index contributed by atoms with van der Waals surface area (Å²) in [5, 5.41) is 10.8. The Balaban J connectivity index is 1.78. The van der Waals surface area contributed by atoms with Crippen molar-refractivity contribution in [1.29, 1.82) is 0 Å². The number of ether oxygens (including phenoxy) is 3. The van der Waals surface area contributed by atoms with Gasteiger partial charge in [-0.05, 0) is 29.7 Å². The molecule has 0 unspecified atom stereocenters. The van der Waals surface area contributed by atoms with Crippen molar-refractivity contribution in [3.8, 4) is 22.9 Å². The minimum atomic E-state index is -1.30. The van der Waals surface area contributed by atoms with Crippen LogP contribution in [0.1, 0.15) is 21.5 Å². The molecule has 0 fully saturated rings. The van der Waals surface area contributed by atoms with Gasteiger partial charge in [-0.2, -0.15) is 0 Å². The number of fused-ring (bicyclic) bond motifs is 1. The Morgan fingerprint density at radius 3 is 2.17 bits per heavy atom. The molecular weight excluding hydrogens is 514 g/mol. The lowest BCUT2D eigenvalue weighted by molar-refractivity contribution is 0.0695. The van der Waals surface area contributed by atoms with Crippen LogP contribution in [0.15, 0.2) is 71.7 Å². The molecular formula is C27H24BrNO6. The van der Waals surface area contributed by atoms with E-state index in [9.17, 15) is 14.7 Å². The molecule has 8 heteroatoms. The monoisotopic (exact) mass is 537 g/mol. The van der Waals surface area contributed by atoms with Gasteiger partial charge in [-0.3, -0.25) is 4.79 Å². The van der Waals surface area contributed by atoms with Crippen molar-refractivity contribution in [2.75, 3.05) is 19.5 Å². The van der Waals surface area contributed by atoms with E-state index in [1.54, 1.807) is 41.0 Å². The van der Waals surface area contributed by atoms with Crippen molar-refractivity contribution in [3.63, 3.8) is 0 Å². The molecule has 0 aliphatic rings. The fourth-order valence-corrected chi connectivity index (χ4v) is 4.23. The van der Waals surface area contributed by atoms with Gasteiger partial charge in [0.15, 0.2) is 0 Å². The minimum absolute atomic E-state index is 0.262. The second-order valence-electron chi connectivity index (χ2n) is 7.84. The molecule has 0 atom stereocenters. The topological polar surface area (TPSA) is 87.0 Å². The van der Waals surface area contributed by atoms with Crippen molar-refractivity contribution in [2.45, 2.75) is 13.0 Å². The van der Waals surface area contributed by atoms with Gasteiger partial charge < -0.3 is 23.9 Å². The molecule has 4 aromatic rings. The van der Waals surface area contributed by atoms with Crippen molar-refractivity contribution in [1.82, 2.24) is 4.57 Å². The summed E-state index contributed by atoms with van der Waals surface area (Å²) in [6.07, 6.45) is 2.27. The first-order chi connectivity index (χ1) is 16.9. The van der Waals surface area contributed by atoms with Gasteiger partial charge >= 0.3 is 5.97 Å². The Kier molecular flexibility index (Phi) is 7.41. The van der Waals surface area contributed by atoms with Crippen LogP contribution in [0.3, 0.4) is 0 Å². The third-order valence-corrected chi connectivity index (χ3v) is 6.03. The molecule has 0 aliphatic heterocycles. The number of carbonyl (C=O) groups is 1. The van der Waals surface area contributed by atoms with Crippen LogP contribution in [-0.2, 0) is 13.0 Å². The molecule has 0 saturated heterocycles. The Morgan fingerprint density at radius 1 is 0.914 bits per heavy atom. The van der Waals surface area contributed by atoms with Crippen LogP contribution in [0.25, 0.3) is 16.6 Å². The lowest BCUT2D eigenvalue weighted by Crippen LogP contribution is -2.18. The number of carboxylic acids is 1. The average Bonchev–Trinajstić information content (AvgIpc) is 2.88. The minimum Gasteiger partial charge on any atom is -0.497 e. The van der Waals surface area contributed by atoms with Crippen molar-refractivity contribution in [2.24, 2.45) is 0 Å². The van der Waals surface area contributed by atoms with Crippen LogP contribution in [0.4, 0.5) is 0 Å². The Labute approximate surface area is 210 Å². The number of aromatic nitrogens is 1. The summed E-state index contributed by atoms with van der Waals surface area (Å²) in [6.45, 7) is 0.352. The van der Waals surface area contributed by atoms with Crippen LogP contribution < -0.4 is 19.6 Å². The van der Waals surface area contributed by atoms with E-state index in [1.165, 1.54) is 26.0 Å². The van der Waals surface area contributed by atoms with Gasteiger partial charge in [0, 0.05) is 41.2 Å². The number of aromatic carboxylic acids is 1. The van der Waals surface area contributed by atoms with E-state index in [4.69, 9.17) is 14.2 Å². The number of halogens is 1. The van der Waals surface area contributed by atoms with Gasteiger partial charge in [0.05, 0.1) is 25.4 Å². The summed E-state index contributed by atoms with van der Waals surface area (Å²) >= 11 is 3.45. The number of carboxylic acid groups (broad SMARTS) is 1. The molecule has 3 aromatic carbocycles. The van der Waals surface area contributed by atoms with E-state index < -0.39 is 11.4 Å². The van der Waals surface area contributed by atoms with Crippen molar-refractivity contribution < 1.29 is 24.1 Å². The maximum absolute atomic E-state index is 12.9. The quantitative estimate of drug-likeness (QED) is 0.294. The number of rotatable bonds is 9. The zero-order valence-electron chi connectivity index (χ0n) is 19.3. The van der Waals surface area contributed by atoms with E-state index >= 15 is 0 Å². The lowest BCUT2D eigenvalue weighted by atomic mass is 10.1.